The summed E-state index contributed by atoms with van der Waals surface area (Å²) in [4.78, 5) is 13.1. The lowest BCUT2D eigenvalue weighted by molar-refractivity contribution is -0.0106. The fraction of sp³-hybridized carbons (Fsp3) is 0.800. The van der Waals surface area contributed by atoms with Gasteiger partial charge in [0.2, 0.25) is 0 Å². The third-order valence-corrected chi connectivity index (χ3v) is 2.78. The van der Waals surface area contributed by atoms with Gasteiger partial charge in [0.25, 0.3) is 0 Å². The molecule has 0 bridgehead atoms. The summed E-state index contributed by atoms with van der Waals surface area (Å²) in [6.07, 6.45) is -0.352. The van der Waals surface area contributed by atoms with Crippen LogP contribution in [-0.4, -0.2) is 35.4 Å². The Hall–Kier alpha value is -0.890. The second-order valence-corrected chi connectivity index (χ2v) is 5.20. The van der Waals surface area contributed by atoms with Gasteiger partial charge in [-0.25, -0.2) is 4.79 Å². The van der Waals surface area contributed by atoms with Gasteiger partial charge in [0.1, 0.15) is 11.0 Å². The van der Waals surface area contributed by atoms with Gasteiger partial charge < -0.3 is 9.64 Å². The van der Waals surface area contributed by atoms with E-state index in [2.05, 4.69) is 18.7 Å². The number of thiol groups is 1. The van der Waals surface area contributed by atoms with Crippen LogP contribution in [0.4, 0.5) is 4.79 Å². The molecule has 1 rings (SSSR count). The molecular formula is C10H16N2O2S. The van der Waals surface area contributed by atoms with Crippen LogP contribution in [0.2, 0.25) is 0 Å². The first kappa shape index (κ1) is 12.2. The van der Waals surface area contributed by atoms with Crippen molar-refractivity contribution in [1.29, 1.82) is 5.26 Å². The highest BCUT2D eigenvalue weighted by atomic mass is 32.1. The van der Waals surface area contributed by atoms with Gasteiger partial charge in [-0.15, -0.1) is 0 Å². The van der Waals surface area contributed by atoms with Gasteiger partial charge in [-0.05, 0) is 20.8 Å². The lowest BCUT2D eigenvalue weighted by atomic mass is 9.84. The molecule has 1 saturated heterocycles. The zero-order valence-corrected chi connectivity index (χ0v) is 10.2. The average Bonchev–Trinajstić information content (AvgIpc) is 2.00. The molecule has 0 radical (unpaired) electrons. The number of hydrogen-bond acceptors (Lipinski definition) is 4. The van der Waals surface area contributed by atoms with E-state index >= 15 is 0 Å². The highest BCUT2D eigenvalue weighted by Gasteiger charge is 2.46. The summed E-state index contributed by atoms with van der Waals surface area (Å²) in [6.45, 7) is 6.30. The summed E-state index contributed by atoms with van der Waals surface area (Å²) in [5, 5.41) is 8.89. The van der Waals surface area contributed by atoms with Gasteiger partial charge in [-0.2, -0.15) is 17.9 Å². The van der Waals surface area contributed by atoms with Crippen LogP contribution in [0.25, 0.3) is 0 Å². The van der Waals surface area contributed by atoms with Gasteiger partial charge >= 0.3 is 6.09 Å². The number of nitriles is 1. The molecule has 15 heavy (non-hydrogen) atoms. The molecule has 1 amide bonds. The summed E-state index contributed by atoms with van der Waals surface area (Å²) in [6, 6.07) is 2.19. The molecule has 0 spiro atoms. The van der Waals surface area contributed by atoms with Gasteiger partial charge in [0.15, 0.2) is 0 Å². The van der Waals surface area contributed by atoms with Crippen molar-refractivity contribution in [2.45, 2.75) is 26.4 Å². The van der Waals surface area contributed by atoms with Crippen LogP contribution in [0.5, 0.6) is 0 Å². The molecule has 1 aliphatic rings. The largest absolute Gasteiger partial charge is 0.444 e. The number of hydrogen-bond donors (Lipinski definition) is 1. The molecule has 84 valence electrons. The Morgan fingerprint density at radius 3 is 2.47 bits per heavy atom. The molecule has 0 aromatic rings. The van der Waals surface area contributed by atoms with Gasteiger partial charge in [-0.1, -0.05) is 0 Å². The minimum Gasteiger partial charge on any atom is -0.444 e. The Bertz CT molecular complexity index is 298. The molecule has 1 heterocycles. The number of likely N-dealkylation sites (tertiary alicyclic amines) is 1. The van der Waals surface area contributed by atoms with E-state index in [9.17, 15) is 4.79 Å². The van der Waals surface area contributed by atoms with Gasteiger partial charge in [-0.3, -0.25) is 0 Å². The number of ether oxygens (including phenoxy) is 1. The molecule has 1 fully saturated rings. The topological polar surface area (TPSA) is 53.3 Å². The maximum Gasteiger partial charge on any atom is 0.410 e. The van der Waals surface area contributed by atoms with Crippen LogP contribution in [0.1, 0.15) is 20.8 Å². The third-order valence-electron chi connectivity index (χ3n) is 2.18. The fourth-order valence-corrected chi connectivity index (χ4v) is 1.62. The first-order valence-corrected chi connectivity index (χ1v) is 5.45. The standard InChI is InChI=1S/C10H16N2O2S/c1-9(2,3)14-8(13)12-5-10(4-11,6-12)7-15/h15H,5-7H2,1-3H3. The predicted octanol–water partition coefficient (Wildman–Crippen LogP) is 1.68. The third kappa shape index (κ3) is 2.78. The molecule has 1 aliphatic heterocycles. The summed E-state index contributed by atoms with van der Waals surface area (Å²) >= 11 is 4.11. The van der Waals surface area contributed by atoms with Crippen LogP contribution >= 0.6 is 12.6 Å². The first-order chi connectivity index (χ1) is 6.82. The Morgan fingerprint density at radius 1 is 1.60 bits per heavy atom. The van der Waals surface area contributed by atoms with E-state index in [1.165, 1.54) is 4.90 Å². The number of amides is 1. The Labute approximate surface area is 95.6 Å². The summed E-state index contributed by atoms with van der Waals surface area (Å²) in [7, 11) is 0. The molecule has 0 N–H and O–H groups in total. The van der Waals surface area contributed by atoms with Crippen LogP contribution in [-0.2, 0) is 4.74 Å². The smallest absolute Gasteiger partial charge is 0.410 e. The summed E-state index contributed by atoms with van der Waals surface area (Å²) in [5.74, 6) is 0.475. The zero-order chi connectivity index (χ0) is 11.7. The van der Waals surface area contributed by atoms with E-state index in [1.54, 1.807) is 0 Å². The second kappa shape index (κ2) is 3.93. The highest BCUT2D eigenvalue weighted by molar-refractivity contribution is 7.80. The van der Waals surface area contributed by atoms with Gasteiger partial charge in [0, 0.05) is 18.8 Å². The molecule has 0 saturated carbocycles. The maximum atomic E-state index is 11.5. The Morgan fingerprint density at radius 2 is 2.13 bits per heavy atom. The van der Waals surface area contributed by atoms with Crippen molar-refractivity contribution in [2.75, 3.05) is 18.8 Å². The molecule has 0 aromatic carbocycles. The lowest BCUT2D eigenvalue weighted by Crippen LogP contribution is -2.59. The monoisotopic (exact) mass is 228 g/mol. The van der Waals surface area contributed by atoms with Gasteiger partial charge in [0.05, 0.1) is 6.07 Å². The van der Waals surface area contributed by atoms with Crippen molar-refractivity contribution in [3.05, 3.63) is 0 Å². The lowest BCUT2D eigenvalue weighted by Gasteiger charge is -2.44. The summed E-state index contributed by atoms with van der Waals surface area (Å²) in [5.41, 5.74) is -0.955. The fourth-order valence-electron chi connectivity index (χ4n) is 1.35. The Balaban J connectivity index is 2.46. The van der Waals surface area contributed by atoms with E-state index in [0.717, 1.165) is 0 Å². The van der Waals surface area contributed by atoms with Crippen molar-refractivity contribution in [3.8, 4) is 6.07 Å². The van der Waals surface area contributed by atoms with Crippen LogP contribution in [0.15, 0.2) is 0 Å². The molecule has 0 aliphatic carbocycles. The molecule has 4 nitrogen and oxygen atoms in total. The second-order valence-electron chi connectivity index (χ2n) is 4.89. The van der Waals surface area contributed by atoms with E-state index in [0.29, 0.717) is 18.8 Å². The zero-order valence-electron chi connectivity index (χ0n) is 9.28. The highest BCUT2D eigenvalue weighted by Crippen LogP contribution is 2.31. The molecule has 0 unspecified atom stereocenters. The number of nitrogens with zero attached hydrogens (tertiary/aromatic N) is 2. The maximum absolute atomic E-state index is 11.5. The summed E-state index contributed by atoms with van der Waals surface area (Å²) < 4.78 is 5.18. The molecule has 5 heteroatoms. The van der Waals surface area contributed by atoms with Crippen molar-refractivity contribution >= 4 is 18.7 Å². The van der Waals surface area contributed by atoms with Crippen molar-refractivity contribution in [3.63, 3.8) is 0 Å². The molecule has 0 atom stereocenters. The predicted molar refractivity (Wildman–Crippen MR) is 59.7 cm³/mol. The normalized spacial score (nSPS) is 19.0. The van der Waals surface area contributed by atoms with E-state index in [-0.39, 0.29) is 6.09 Å². The minimum atomic E-state index is -0.483. The average molecular weight is 228 g/mol. The van der Waals surface area contributed by atoms with Crippen LogP contribution in [0, 0.1) is 16.7 Å². The number of carbonyl (C=O) groups excluding carboxylic acids is 1. The number of carbonyl (C=O) groups is 1. The van der Waals surface area contributed by atoms with Crippen LogP contribution in [0.3, 0.4) is 0 Å². The molecular weight excluding hydrogens is 212 g/mol. The minimum absolute atomic E-state index is 0.352. The van der Waals surface area contributed by atoms with E-state index < -0.39 is 11.0 Å². The quantitative estimate of drug-likeness (QED) is 0.695. The number of rotatable bonds is 1. The van der Waals surface area contributed by atoms with E-state index in [1.807, 2.05) is 20.8 Å². The first-order valence-electron chi connectivity index (χ1n) is 4.82. The van der Waals surface area contributed by atoms with Crippen molar-refractivity contribution < 1.29 is 9.53 Å². The van der Waals surface area contributed by atoms with Crippen molar-refractivity contribution in [2.24, 2.45) is 5.41 Å². The molecule has 0 aromatic heterocycles. The Kier molecular flexibility index (Phi) is 3.19. The van der Waals surface area contributed by atoms with E-state index in [4.69, 9.17) is 10.00 Å². The SMILES string of the molecule is CC(C)(C)OC(=O)N1CC(C#N)(CS)C1. The van der Waals surface area contributed by atoms with Crippen molar-refractivity contribution in [1.82, 2.24) is 4.90 Å². The van der Waals surface area contributed by atoms with Crippen LogP contribution < -0.4 is 0 Å².